The van der Waals surface area contributed by atoms with E-state index in [9.17, 15) is 9.59 Å². The van der Waals surface area contributed by atoms with Crippen molar-refractivity contribution in [1.29, 1.82) is 0 Å². The second kappa shape index (κ2) is 8.46. The molecule has 6 heteroatoms. The van der Waals surface area contributed by atoms with Crippen molar-refractivity contribution in [2.45, 2.75) is 60.1 Å². The number of esters is 1. The number of rotatable bonds is 6. The van der Waals surface area contributed by atoms with Crippen LogP contribution in [0.15, 0.2) is 35.5 Å². The Bertz CT molecular complexity index is 717. The van der Waals surface area contributed by atoms with Crippen LogP contribution in [-0.2, 0) is 9.53 Å². The molecule has 2 unspecified atom stereocenters. The molecule has 0 spiro atoms. The van der Waals surface area contributed by atoms with Crippen LogP contribution in [0, 0.1) is 5.41 Å². The van der Waals surface area contributed by atoms with Crippen LogP contribution in [0.1, 0.15) is 59.6 Å². The summed E-state index contributed by atoms with van der Waals surface area (Å²) in [7, 11) is 0. The molecule has 0 aliphatic carbocycles. The molecule has 0 aromatic heterocycles. The number of hydrogen-bond acceptors (Lipinski definition) is 4. The van der Waals surface area contributed by atoms with Crippen LogP contribution in [0.4, 0.5) is 4.79 Å². The van der Waals surface area contributed by atoms with E-state index in [1.165, 1.54) is 0 Å². The lowest BCUT2D eigenvalue weighted by Crippen LogP contribution is -2.46. The molecule has 2 amide bonds. The zero-order valence-corrected chi connectivity index (χ0v) is 17.0. The molecule has 0 bridgehead atoms. The second-order valence-electron chi connectivity index (χ2n) is 7.90. The van der Waals surface area contributed by atoms with Crippen LogP contribution in [0.5, 0.6) is 5.75 Å². The average molecular weight is 374 g/mol. The maximum absolute atomic E-state index is 12.9. The minimum Gasteiger partial charge on any atom is -0.494 e. The third-order valence-electron chi connectivity index (χ3n) is 4.68. The molecule has 1 aromatic rings. The van der Waals surface area contributed by atoms with E-state index in [0.29, 0.717) is 17.9 Å². The summed E-state index contributed by atoms with van der Waals surface area (Å²) >= 11 is 0. The number of allylic oxidation sites excluding steroid dienone is 1. The van der Waals surface area contributed by atoms with Gasteiger partial charge < -0.3 is 20.1 Å². The van der Waals surface area contributed by atoms with Crippen molar-refractivity contribution in [3.63, 3.8) is 0 Å². The molecule has 1 aliphatic rings. The van der Waals surface area contributed by atoms with Crippen molar-refractivity contribution >= 4 is 12.0 Å². The highest BCUT2D eigenvalue weighted by molar-refractivity contribution is 5.95. The molecule has 6 nitrogen and oxygen atoms in total. The molecule has 0 saturated carbocycles. The third-order valence-corrected chi connectivity index (χ3v) is 4.68. The van der Waals surface area contributed by atoms with Crippen molar-refractivity contribution in [2.24, 2.45) is 5.41 Å². The Kier molecular flexibility index (Phi) is 6.52. The summed E-state index contributed by atoms with van der Waals surface area (Å²) < 4.78 is 11.3. The lowest BCUT2D eigenvalue weighted by atomic mass is 9.90. The smallest absolute Gasteiger partial charge is 0.338 e. The van der Waals surface area contributed by atoms with E-state index >= 15 is 0 Å². The minimum absolute atomic E-state index is 0.177. The molecule has 2 N–H and O–H groups in total. The number of carbonyl (C=O) groups excluding carboxylic acids is 2. The van der Waals surface area contributed by atoms with Gasteiger partial charge >= 0.3 is 12.0 Å². The van der Waals surface area contributed by atoms with Crippen LogP contribution in [-0.4, -0.2) is 24.7 Å². The van der Waals surface area contributed by atoms with Crippen LogP contribution in [0.2, 0.25) is 0 Å². The Balaban J connectivity index is 2.28. The Hall–Kier alpha value is -2.50. The fourth-order valence-electron chi connectivity index (χ4n) is 2.59. The molecule has 2 atom stereocenters. The first kappa shape index (κ1) is 20.8. The Morgan fingerprint density at radius 3 is 2.41 bits per heavy atom. The summed E-state index contributed by atoms with van der Waals surface area (Å²) in [6, 6.07) is 6.48. The monoisotopic (exact) mass is 374 g/mol. The maximum atomic E-state index is 12.9. The van der Waals surface area contributed by atoms with Crippen molar-refractivity contribution in [3.8, 4) is 5.75 Å². The zero-order valence-electron chi connectivity index (χ0n) is 17.0. The second-order valence-corrected chi connectivity index (χ2v) is 7.90. The Morgan fingerprint density at radius 1 is 1.22 bits per heavy atom. The van der Waals surface area contributed by atoms with Gasteiger partial charge in [0.2, 0.25) is 0 Å². The molecule has 0 fully saturated rings. The lowest BCUT2D eigenvalue weighted by Gasteiger charge is -2.31. The maximum Gasteiger partial charge on any atom is 0.338 e. The van der Waals surface area contributed by atoms with Gasteiger partial charge in [-0.25, -0.2) is 9.59 Å². The van der Waals surface area contributed by atoms with Gasteiger partial charge in [-0.3, -0.25) is 0 Å². The van der Waals surface area contributed by atoms with Gasteiger partial charge in [0.1, 0.15) is 11.9 Å². The summed E-state index contributed by atoms with van der Waals surface area (Å²) in [5, 5.41) is 5.48. The number of amides is 2. The molecule has 1 heterocycles. The molecule has 27 heavy (non-hydrogen) atoms. The van der Waals surface area contributed by atoms with E-state index in [1.807, 2.05) is 58.9 Å². The summed E-state index contributed by atoms with van der Waals surface area (Å²) in [6.07, 6.45) is 0.657. The molecule has 2 rings (SSSR count). The lowest BCUT2D eigenvalue weighted by molar-refractivity contribution is -0.149. The van der Waals surface area contributed by atoms with E-state index in [1.54, 1.807) is 6.92 Å². The summed E-state index contributed by atoms with van der Waals surface area (Å²) in [4.78, 5) is 24.9. The number of hydrogen-bond donors (Lipinski definition) is 2. The normalized spacial score (nSPS) is 18.4. The minimum atomic E-state index is -0.571. The number of ether oxygens (including phenoxy) is 2. The van der Waals surface area contributed by atoms with E-state index in [-0.39, 0.29) is 17.6 Å². The number of benzene rings is 1. The molecule has 1 aromatic carbocycles. The number of carbonyl (C=O) groups is 2. The first-order chi connectivity index (χ1) is 12.6. The molecule has 148 valence electrons. The van der Waals surface area contributed by atoms with E-state index in [0.717, 1.165) is 17.7 Å². The molecule has 1 aliphatic heterocycles. The Labute approximate surface area is 161 Å². The van der Waals surface area contributed by atoms with Crippen LogP contribution in [0.25, 0.3) is 0 Å². The van der Waals surface area contributed by atoms with E-state index in [2.05, 4.69) is 10.6 Å². The topological polar surface area (TPSA) is 76.7 Å². The summed E-state index contributed by atoms with van der Waals surface area (Å²) in [5.41, 5.74) is 1.53. The fraction of sp³-hybridized carbons (Fsp3) is 0.524. The predicted molar refractivity (Wildman–Crippen MR) is 104 cm³/mol. The van der Waals surface area contributed by atoms with Gasteiger partial charge in [0.15, 0.2) is 0 Å². The van der Waals surface area contributed by atoms with Gasteiger partial charge in [0, 0.05) is 5.70 Å². The van der Waals surface area contributed by atoms with Gasteiger partial charge in [-0.05, 0) is 43.4 Å². The fourth-order valence-corrected chi connectivity index (χ4v) is 2.59. The highest BCUT2D eigenvalue weighted by atomic mass is 16.5. The van der Waals surface area contributed by atoms with Crippen LogP contribution >= 0.6 is 0 Å². The van der Waals surface area contributed by atoms with Crippen molar-refractivity contribution in [3.05, 3.63) is 41.1 Å². The Morgan fingerprint density at radius 2 is 1.85 bits per heavy atom. The van der Waals surface area contributed by atoms with Crippen LogP contribution < -0.4 is 15.4 Å². The van der Waals surface area contributed by atoms with Gasteiger partial charge in [-0.1, -0.05) is 39.8 Å². The molecule has 0 radical (unpaired) electrons. The SMILES string of the molecule is CCCOc1ccc(C2NC(=O)NC(C)=C2C(=O)OC(C)C(C)(C)C)cc1. The van der Waals surface area contributed by atoms with Gasteiger partial charge in [0.25, 0.3) is 0 Å². The summed E-state index contributed by atoms with van der Waals surface area (Å²) in [5.74, 6) is 0.325. The average Bonchev–Trinajstić information content (AvgIpc) is 2.58. The van der Waals surface area contributed by atoms with Gasteiger partial charge in [-0.15, -0.1) is 0 Å². The first-order valence-corrected chi connectivity index (χ1v) is 9.35. The highest BCUT2D eigenvalue weighted by Gasteiger charge is 2.34. The van der Waals surface area contributed by atoms with E-state index in [4.69, 9.17) is 9.47 Å². The first-order valence-electron chi connectivity index (χ1n) is 9.35. The largest absolute Gasteiger partial charge is 0.494 e. The molecular weight excluding hydrogens is 344 g/mol. The highest BCUT2D eigenvalue weighted by Crippen LogP contribution is 2.31. The third kappa shape index (κ3) is 5.25. The summed E-state index contributed by atoms with van der Waals surface area (Å²) in [6.45, 7) is 12.3. The molecule has 0 saturated heterocycles. The standard InChI is InChI=1S/C21H30N2O4/c1-7-12-26-16-10-8-15(9-11-16)18-17(13(2)22-20(25)23-18)19(24)27-14(3)21(4,5)6/h8-11,14,18H,7,12H2,1-6H3,(H2,22,23,25). The quantitative estimate of drug-likeness (QED) is 0.736. The van der Waals surface area contributed by atoms with Gasteiger partial charge in [-0.2, -0.15) is 0 Å². The van der Waals surface area contributed by atoms with Crippen molar-refractivity contribution < 1.29 is 19.1 Å². The number of nitrogens with one attached hydrogen (secondary N) is 2. The van der Waals surface area contributed by atoms with Crippen LogP contribution in [0.3, 0.4) is 0 Å². The van der Waals surface area contributed by atoms with Gasteiger partial charge in [0.05, 0.1) is 18.2 Å². The predicted octanol–water partition coefficient (Wildman–Crippen LogP) is 4.08. The molecular formula is C21H30N2O4. The van der Waals surface area contributed by atoms with Crippen molar-refractivity contribution in [2.75, 3.05) is 6.61 Å². The van der Waals surface area contributed by atoms with E-state index < -0.39 is 12.0 Å². The zero-order chi connectivity index (χ0) is 20.2. The van der Waals surface area contributed by atoms with Crippen molar-refractivity contribution in [1.82, 2.24) is 10.6 Å². The number of urea groups is 1.